The average molecular weight is 328 g/mol. The van der Waals surface area contributed by atoms with Gasteiger partial charge < -0.3 is 4.90 Å². The van der Waals surface area contributed by atoms with E-state index in [2.05, 4.69) is 32.3 Å². The fourth-order valence-corrected chi connectivity index (χ4v) is 2.85. The minimum atomic E-state index is 0.740. The first kappa shape index (κ1) is 15.6. The van der Waals surface area contributed by atoms with Crippen LogP contribution in [0.5, 0.6) is 0 Å². The molecule has 1 N–H and O–H groups in total. The number of hydrogen-bond donors (Lipinski definition) is 1. The highest BCUT2D eigenvalue weighted by Gasteiger charge is 2.09. The largest absolute Gasteiger partial charge is 0.304 e. The van der Waals surface area contributed by atoms with Crippen molar-refractivity contribution in [2.75, 3.05) is 19.5 Å². The maximum Gasteiger partial charge on any atom is 0.171 e. The lowest BCUT2D eigenvalue weighted by Crippen LogP contribution is -2.15. The fraction of sp³-hybridized carbons (Fsp3) is 0.312. The molecule has 7 heteroatoms. The SMILES string of the molecule is CCc1cnn(Nc2cc(CN(C)C)nc(-c3cccs3)n2)c1. The van der Waals surface area contributed by atoms with Crippen LogP contribution in [-0.2, 0) is 13.0 Å². The second-order valence-electron chi connectivity index (χ2n) is 5.54. The monoisotopic (exact) mass is 328 g/mol. The number of aromatic nitrogens is 4. The van der Waals surface area contributed by atoms with Gasteiger partial charge in [0, 0.05) is 12.6 Å². The van der Waals surface area contributed by atoms with Gasteiger partial charge in [0.15, 0.2) is 11.6 Å². The third-order valence-corrected chi connectivity index (χ3v) is 4.14. The van der Waals surface area contributed by atoms with E-state index in [1.54, 1.807) is 16.1 Å². The van der Waals surface area contributed by atoms with Gasteiger partial charge in [0.2, 0.25) is 0 Å². The van der Waals surface area contributed by atoms with Crippen LogP contribution in [0.4, 0.5) is 5.82 Å². The van der Waals surface area contributed by atoms with Gasteiger partial charge in [-0.2, -0.15) is 9.89 Å². The Morgan fingerprint density at radius 2 is 2.17 bits per heavy atom. The first-order valence-corrected chi connectivity index (χ1v) is 8.39. The number of aryl methyl sites for hydroxylation is 1. The normalized spacial score (nSPS) is 11.1. The predicted molar refractivity (Wildman–Crippen MR) is 93.4 cm³/mol. The van der Waals surface area contributed by atoms with Crippen LogP contribution in [-0.4, -0.2) is 38.9 Å². The van der Waals surface area contributed by atoms with Crippen molar-refractivity contribution >= 4 is 17.2 Å². The second-order valence-corrected chi connectivity index (χ2v) is 6.49. The predicted octanol–water partition coefficient (Wildman–Crippen LogP) is 2.90. The van der Waals surface area contributed by atoms with Crippen molar-refractivity contribution in [1.82, 2.24) is 24.8 Å². The molecule has 3 aromatic heterocycles. The van der Waals surface area contributed by atoms with Crippen molar-refractivity contribution in [2.45, 2.75) is 19.9 Å². The van der Waals surface area contributed by atoms with E-state index >= 15 is 0 Å². The molecule has 0 bridgehead atoms. The molecule has 0 radical (unpaired) electrons. The van der Waals surface area contributed by atoms with Crippen LogP contribution in [0.3, 0.4) is 0 Å². The Balaban J connectivity index is 1.92. The Kier molecular flexibility index (Phi) is 4.68. The van der Waals surface area contributed by atoms with Crippen LogP contribution in [0.15, 0.2) is 36.0 Å². The smallest absolute Gasteiger partial charge is 0.171 e. The van der Waals surface area contributed by atoms with Gasteiger partial charge in [-0.1, -0.05) is 13.0 Å². The summed E-state index contributed by atoms with van der Waals surface area (Å²) in [6.45, 7) is 2.87. The lowest BCUT2D eigenvalue weighted by molar-refractivity contribution is 0.397. The van der Waals surface area contributed by atoms with Crippen LogP contribution in [0.25, 0.3) is 10.7 Å². The topological polar surface area (TPSA) is 58.9 Å². The van der Waals surface area contributed by atoms with E-state index in [1.165, 1.54) is 5.56 Å². The van der Waals surface area contributed by atoms with Crippen molar-refractivity contribution < 1.29 is 0 Å². The fourth-order valence-electron chi connectivity index (χ4n) is 2.20. The Morgan fingerprint density at radius 1 is 1.30 bits per heavy atom. The van der Waals surface area contributed by atoms with Crippen molar-refractivity contribution in [3.63, 3.8) is 0 Å². The minimum absolute atomic E-state index is 0.740. The van der Waals surface area contributed by atoms with Gasteiger partial charge >= 0.3 is 0 Å². The number of rotatable bonds is 6. The molecule has 0 atom stereocenters. The molecule has 6 nitrogen and oxygen atoms in total. The molecule has 3 heterocycles. The summed E-state index contributed by atoms with van der Waals surface area (Å²) in [5.41, 5.74) is 5.37. The summed E-state index contributed by atoms with van der Waals surface area (Å²) in [4.78, 5) is 14.1. The van der Waals surface area contributed by atoms with Gasteiger partial charge in [0.1, 0.15) is 0 Å². The van der Waals surface area contributed by atoms with E-state index in [4.69, 9.17) is 0 Å². The number of anilines is 1. The molecule has 3 rings (SSSR count). The van der Waals surface area contributed by atoms with E-state index in [1.807, 2.05) is 50.1 Å². The summed E-state index contributed by atoms with van der Waals surface area (Å²) in [6.07, 6.45) is 4.78. The van der Waals surface area contributed by atoms with Crippen molar-refractivity contribution in [2.24, 2.45) is 0 Å². The Hall–Kier alpha value is -2.25. The molecule has 3 aromatic rings. The summed E-state index contributed by atoms with van der Waals surface area (Å²) in [7, 11) is 4.06. The van der Waals surface area contributed by atoms with Crippen molar-refractivity contribution in [3.8, 4) is 10.7 Å². The molecular formula is C16H20N6S. The molecule has 0 aliphatic heterocycles. The summed E-state index contributed by atoms with van der Waals surface area (Å²) in [6, 6.07) is 6.01. The van der Waals surface area contributed by atoms with E-state index < -0.39 is 0 Å². The zero-order valence-electron chi connectivity index (χ0n) is 13.5. The maximum absolute atomic E-state index is 4.67. The Labute approximate surface area is 139 Å². The molecule has 0 spiro atoms. The molecule has 0 aliphatic carbocycles. The third kappa shape index (κ3) is 3.94. The van der Waals surface area contributed by atoms with E-state index in [-0.39, 0.29) is 0 Å². The number of thiophene rings is 1. The summed E-state index contributed by atoms with van der Waals surface area (Å²) >= 11 is 1.64. The molecule has 0 aromatic carbocycles. The van der Waals surface area contributed by atoms with Gasteiger partial charge in [0.25, 0.3) is 0 Å². The van der Waals surface area contributed by atoms with Gasteiger partial charge in [-0.3, -0.25) is 5.43 Å². The minimum Gasteiger partial charge on any atom is -0.304 e. The Morgan fingerprint density at radius 3 is 2.83 bits per heavy atom. The highest BCUT2D eigenvalue weighted by atomic mass is 32.1. The summed E-state index contributed by atoms with van der Waals surface area (Å²) in [5, 5.41) is 6.34. The van der Waals surface area contributed by atoms with Gasteiger partial charge in [-0.25, -0.2) is 9.97 Å². The van der Waals surface area contributed by atoms with Crippen molar-refractivity contribution in [3.05, 3.63) is 47.2 Å². The van der Waals surface area contributed by atoms with Crippen molar-refractivity contribution in [1.29, 1.82) is 0 Å². The van der Waals surface area contributed by atoms with Gasteiger partial charge in [0.05, 0.1) is 23.0 Å². The second kappa shape index (κ2) is 6.89. The number of nitrogens with one attached hydrogen (secondary N) is 1. The lowest BCUT2D eigenvalue weighted by Gasteiger charge is -2.12. The molecule has 0 amide bonds. The van der Waals surface area contributed by atoms with Crippen LogP contribution in [0, 0.1) is 0 Å². The molecule has 0 saturated heterocycles. The van der Waals surface area contributed by atoms with E-state index in [0.29, 0.717) is 0 Å². The lowest BCUT2D eigenvalue weighted by atomic mass is 10.3. The number of hydrogen-bond acceptors (Lipinski definition) is 6. The average Bonchev–Trinajstić information content (AvgIpc) is 3.17. The number of nitrogens with zero attached hydrogens (tertiary/aromatic N) is 5. The van der Waals surface area contributed by atoms with E-state index in [9.17, 15) is 0 Å². The zero-order chi connectivity index (χ0) is 16.2. The first-order valence-electron chi connectivity index (χ1n) is 7.51. The van der Waals surface area contributed by atoms with Crippen LogP contribution >= 0.6 is 11.3 Å². The highest BCUT2D eigenvalue weighted by Crippen LogP contribution is 2.23. The van der Waals surface area contributed by atoms with Crippen LogP contribution in [0.1, 0.15) is 18.2 Å². The van der Waals surface area contributed by atoms with E-state index in [0.717, 1.165) is 35.2 Å². The Bertz CT molecular complexity index is 763. The van der Waals surface area contributed by atoms with Gasteiger partial charge in [-0.05, 0) is 37.5 Å². The maximum atomic E-state index is 4.67. The zero-order valence-corrected chi connectivity index (χ0v) is 14.3. The first-order chi connectivity index (χ1) is 11.1. The molecule has 0 aliphatic rings. The van der Waals surface area contributed by atoms with Crippen LogP contribution < -0.4 is 5.43 Å². The summed E-state index contributed by atoms with van der Waals surface area (Å²) in [5.74, 6) is 1.48. The highest BCUT2D eigenvalue weighted by molar-refractivity contribution is 7.13. The standard InChI is InChI=1S/C16H20N6S/c1-4-12-9-17-22(10-12)20-15-8-13(11-21(2)3)18-16(19-15)14-6-5-7-23-14/h5-10H,4,11H2,1-3H3,(H,18,19,20). The molecule has 23 heavy (non-hydrogen) atoms. The molecule has 0 fully saturated rings. The molecule has 120 valence electrons. The third-order valence-electron chi connectivity index (χ3n) is 3.27. The van der Waals surface area contributed by atoms with Crippen LogP contribution in [0.2, 0.25) is 0 Å². The summed E-state index contributed by atoms with van der Waals surface area (Å²) < 4.78 is 0. The molecular weight excluding hydrogens is 308 g/mol. The molecule has 0 saturated carbocycles. The quantitative estimate of drug-likeness (QED) is 0.754. The molecule has 0 unspecified atom stereocenters. The van der Waals surface area contributed by atoms with Gasteiger partial charge in [-0.15, -0.1) is 11.3 Å².